The molecule has 2 N–H and O–H groups in total. The first-order chi connectivity index (χ1) is 13.4. The summed E-state index contributed by atoms with van der Waals surface area (Å²) in [5, 5.41) is 8.18. The van der Waals surface area contributed by atoms with Crippen LogP contribution in [0.2, 0.25) is 0 Å². The molecule has 6 nitrogen and oxygen atoms in total. The predicted octanol–water partition coefficient (Wildman–Crippen LogP) is 3.57. The molecule has 1 atom stereocenters. The maximum atomic E-state index is 12.4. The Bertz CT molecular complexity index is 1100. The number of aliphatic imine (C=N–C) groups is 1. The molecule has 0 saturated heterocycles. The molecule has 1 amide bonds. The zero-order valence-corrected chi connectivity index (χ0v) is 16.9. The fraction of sp³-hybridized carbons (Fsp3) is 0.381. The molecule has 1 fully saturated rings. The molecule has 7 heteroatoms. The standard InChI is InChI=1S/C21H23N5OS/c1-21(11-18(27)25(2)20(22)23-21)14-7-8-15-16(10-14)26(12-13-5-6-13)24-19(15)17-4-3-9-28-17/h3-4,7-10,13H,5-6,11-12H2,1-2H3,(H2,22,23)/t21-/m0/s1. The van der Waals surface area contributed by atoms with Crippen LogP contribution in [0.4, 0.5) is 0 Å². The Hall–Kier alpha value is -2.67. The Balaban J connectivity index is 1.65. The van der Waals surface area contributed by atoms with Gasteiger partial charge in [-0.25, -0.2) is 4.99 Å². The van der Waals surface area contributed by atoms with Crippen LogP contribution in [0.1, 0.15) is 31.7 Å². The summed E-state index contributed by atoms with van der Waals surface area (Å²) in [5.41, 5.74) is 8.49. The third-order valence-electron chi connectivity index (χ3n) is 5.83. The number of amides is 1. The lowest BCUT2D eigenvalue weighted by Gasteiger charge is -2.33. The predicted molar refractivity (Wildman–Crippen MR) is 112 cm³/mol. The first-order valence-corrected chi connectivity index (χ1v) is 10.5. The molecular formula is C21H23N5OS. The second kappa shape index (κ2) is 6.17. The molecule has 0 radical (unpaired) electrons. The summed E-state index contributed by atoms with van der Waals surface area (Å²) < 4.78 is 2.14. The van der Waals surface area contributed by atoms with E-state index in [9.17, 15) is 4.79 Å². The molecule has 3 aromatic rings. The first-order valence-electron chi connectivity index (χ1n) is 9.61. The number of nitrogens with two attached hydrogens (primary N) is 1. The van der Waals surface area contributed by atoms with Crippen molar-refractivity contribution >= 4 is 34.1 Å². The quantitative estimate of drug-likeness (QED) is 0.736. The van der Waals surface area contributed by atoms with Gasteiger partial charge in [0.25, 0.3) is 0 Å². The lowest BCUT2D eigenvalue weighted by Crippen LogP contribution is -2.47. The summed E-state index contributed by atoms with van der Waals surface area (Å²) in [4.78, 5) is 19.6. The zero-order valence-electron chi connectivity index (χ0n) is 16.1. The Morgan fingerprint density at radius 1 is 1.32 bits per heavy atom. The van der Waals surface area contributed by atoms with E-state index in [0.717, 1.165) is 34.6 Å². The Morgan fingerprint density at radius 3 is 2.82 bits per heavy atom. The number of rotatable bonds is 4. The van der Waals surface area contributed by atoms with Crippen LogP contribution in [0.5, 0.6) is 0 Å². The van der Waals surface area contributed by atoms with E-state index >= 15 is 0 Å². The van der Waals surface area contributed by atoms with Crippen LogP contribution in [0.15, 0.2) is 40.7 Å². The van der Waals surface area contributed by atoms with E-state index in [1.807, 2.05) is 6.92 Å². The number of carbonyl (C=O) groups is 1. The van der Waals surface area contributed by atoms with Gasteiger partial charge in [0.1, 0.15) is 5.69 Å². The van der Waals surface area contributed by atoms with E-state index in [1.54, 1.807) is 18.4 Å². The second-order valence-electron chi connectivity index (χ2n) is 8.06. The van der Waals surface area contributed by atoms with Crippen molar-refractivity contribution in [2.45, 2.75) is 38.3 Å². The fourth-order valence-electron chi connectivity index (χ4n) is 3.86. The number of guanidine groups is 1. The number of hydrogen-bond donors (Lipinski definition) is 1. The summed E-state index contributed by atoms with van der Waals surface area (Å²) in [7, 11) is 1.67. The number of carbonyl (C=O) groups excluding carboxylic acids is 1. The molecule has 1 aliphatic heterocycles. The van der Waals surface area contributed by atoms with Crippen molar-refractivity contribution in [3.63, 3.8) is 0 Å². The highest BCUT2D eigenvalue weighted by molar-refractivity contribution is 7.13. The average molecular weight is 394 g/mol. The lowest BCUT2D eigenvalue weighted by atomic mass is 9.87. The second-order valence-corrected chi connectivity index (χ2v) is 9.00. The van der Waals surface area contributed by atoms with Crippen LogP contribution in [0.3, 0.4) is 0 Å². The molecule has 28 heavy (non-hydrogen) atoms. The van der Waals surface area contributed by atoms with Gasteiger partial charge < -0.3 is 5.73 Å². The van der Waals surface area contributed by atoms with E-state index in [4.69, 9.17) is 10.8 Å². The maximum absolute atomic E-state index is 12.4. The highest BCUT2D eigenvalue weighted by Crippen LogP contribution is 2.39. The van der Waals surface area contributed by atoms with E-state index in [2.05, 4.69) is 45.4 Å². The SMILES string of the molecule is CN1C(=O)C[C@@](C)(c2ccc3c(-c4cccs4)nn(CC4CC4)c3c2)N=C1N. The minimum Gasteiger partial charge on any atom is -0.369 e. The van der Waals surface area contributed by atoms with Gasteiger partial charge in [-0.05, 0) is 48.8 Å². The van der Waals surface area contributed by atoms with Crippen LogP contribution < -0.4 is 5.73 Å². The summed E-state index contributed by atoms with van der Waals surface area (Å²) in [6.45, 7) is 2.92. The smallest absolute Gasteiger partial charge is 0.231 e. The molecule has 1 aliphatic carbocycles. The van der Waals surface area contributed by atoms with Gasteiger partial charge in [0.05, 0.1) is 22.4 Å². The van der Waals surface area contributed by atoms with Crippen molar-refractivity contribution in [2.24, 2.45) is 16.6 Å². The molecule has 2 aliphatic rings. The third-order valence-corrected chi connectivity index (χ3v) is 6.71. The van der Waals surface area contributed by atoms with Crippen LogP contribution in [-0.2, 0) is 16.9 Å². The summed E-state index contributed by atoms with van der Waals surface area (Å²) in [5.74, 6) is 0.975. The molecule has 0 unspecified atom stereocenters. The summed E-state index contributed by atoms with van der Waals surface area (Å²) >= 11 is 1.71. The van der Waals surface area contributed by atoms with Gasteiger partial charge in [0.2, 0.25) is 5.91 Å². The van der Waals surface area contributed by atoms with E-state index < -0.39 is 5.54 Å². The average Bonchev–Trinajstić information content (AvgIpc) is 3.18. The van der Waals surface area contributed by atoms with E-state index in [1.165, 1.54) is 22.6 Å². The Kier molecular flexibility index (Phi) is 3.84. The number of benzene rings is 1. The van der Waals surface area contributed by atoms with E-state index in [0.29, 0.717) is 6.42 Å². The minimum absolute atomic E-state index is 0.0131. The molecule has 3 heterocycles. The Labute approximate surface area is 167 Å². The fourth-order valence-corrected chi connectivity index (χ4v) is 4.59. The zero-order chi connectivity index (χ0) is 19.5. The van der Waals surface area contributed by atoms with Crippen molar-refractivity contribution in [1.29, 1.82) is 0 Å². The van der Waals surface area contributed by atoms with Crippen LogP contribution in [-0.4, -0.2) is 33.6 Å². The number of fused-ring (bicyclic) bond motifs is 1. The minimum atomic E-state index is -0.653. The maximum Gasteiger partial charge on any atom is 0.231 e. The summed E-state index contributed by atoms with van der Waals surface area (Å²) in [6.07, 6.45) is 2.85. The lowest BCUT2D eigenvalue weighted by molar-refractivity contribution is -0.128. The van der Waals surface area contributed by atoms with Crippen molar-refractivity contribution in [3.8, 4) is 10.6 Å². The number of aromatic nitrogens is 2. The van der Waals surface area contributed by atoms with E-state index in [-0.39, 0.29) is 11.9 Å². The monoisotopic (exact) mass is 393 g/mol. The molecule has 144 valence electrons. The van der Waals surface area contributed by atoms with Crippen LogP contribution in [0, 0.1) is 5.92 Å². The Morgan fingerprint density at radius 2 is 2.14 bits per heavy atom. The van der Waals surface area contributed by atoms with Crippen molar-refractivity contribution < 1.29 is 4.79 Å². The number of nitrogens with zero attached hydrogens (tertiary/aromatic N) is 4. The van der Waals surface area contributed by atoms with Gasteiger partial charge in [-0.1, -0.05) is 18.2 Å². The topological polar surface area (TPSA) is 76.5 Å². The van der Waals surface area contributed by atoms with Crippen molar-refractivity contribution in [3.05, 3.63) is 41.3 Å². The summed E-state index contributed by atoms with van der Waals surface area (Å²) in [6, 6.07) is 10.5. The largest absolute Gasteiger partial charge is 0.369 e. The number of hydrogen-bond acceptors (Lipinski definition) is 5. The van der Waals surface area contributed by atoms with Gasteiger partial charge in [-0.15, -0.1) is 11.3 Å². The molecular weight excluding hydrogens is 370 g/mol. The highest BCUT2D eigenvalue weighted by Gasteiger charge is 2.36. The molecule has 0 bridgehead atoms. The van der Waals surface area contributed by atoms with Gasteiger partial charge in [0.15, 0.2) is 5.96 Å². The third kappa shape index (κ3) is 2.81. The van der Waals surface area contributed by atoms with Gasteiger partial charge >= 0.3 is 0 Å². The highest BCUT2D eigenvalue weighted by atomic mass is 32.1. The van der Waals surface area contributed by atoms with Crippen LogP contribution in [0.25, 0.3) is 21.5 Å². The molecule has 1 saturated carbocycles. The first kappa shape index (κ1) is 17.4. The normalized spacial score (nSPS) is 22.7. The van der Waals surface area contributed by atoms with Gasteiger partial charge in [0, 0.05) is 19.0 Å². The molecule has 2 aromatic heterocycles. The van der Waals surface area contributed by atoms with Crippen molar-refractivity contribution in [1.82, 2.24) is 14.7 Å². The number of thiophene rings is 1. The molecule has 1 aromatic carbocycles. The van der Waals surface area contributed by atoms with Crippen LogP contribution >= 0.6 is 11.3 Å². The molecule has 5 rings (SSSR count). The van der Waals surface area contributed by atoms with Gasteiger partial charge in [-0.3, -0.25) is 14.4 Å². The van der Waals surface area contributed by atoms with Gasteiger partial charge in [-0.2, -0.15) is 5.10 Å². The van der Waals surface area contributed by atoms with Crippen molar-refractivity contribution in [2.75, 3.05) is 7.05 Å². The molecule has 0 spiro atoms.